The molecule has 172 valence electrons. The number of carbonyl (C=O) groups is 1. The molecule has 2 N–H and O–H groups in total. The van der Waals surface area contributed by atoms with E-state index in [1.807, 2.05) is 14.1 Å². The first-order chi connectivity index (χ1) is 15.1. The molecule has 4 rings (SSSR count). The number of fused-ring (bicyclic) bond motifs is 1. The Bertz CT molecular complexity index is 1130. The third-order valence-corrected chi connectivity index (χ3v) is 5.82. The Morgan fingerprint density at radius 3 is 2.84 bits per heavy atom. The van der Waals surface area contributed by atoms with E-state index >= 15 is 0 Å². The van der Waals surface area contributed by atoms with Crippen molar-refractivity contribution in [3.05, 3.63) is 35.1 Å². The van der Waals surface area contributed by atoms with Crippen LogP contribution in [0, 0.1) is 0 Å². The molecule has 0 spiro atoms. The lowest BCUT2D eigenvalue weighted by molar-refractivity contribution is -0.274. The highest BCUT2D eigenvalue weighted by Gasteiger charge is 2.32. The summed E-state index contributed by atoms with van der Waals surface area (Å²) in [5, 5.41) is 7.00. The molecule has 1 aromatic carbocycles. The molecule has 0 radical (unpaired) electrons. The Labute approximate surface area is 186 Å². The molecule has 1 aliphatic rings. The molecule has 2 atom stereocenters. The van der Waals surface area contributed by atoms with Gasteiger partial charge in [0, 0.05) is 24.3 Å². The minimum atomic E-state index is -4.87. The number of aromatic amines is 1. The van der Waals surface area contributed by atoms with Crippen LogP contribution in [0.4, 0.5) is 13.2 Å². The summed E-state index contributed by atoms with van der Waals surface area (Å²) in [5.74, 6) is -0.556. The minimum absolute atomic E-state index is 0.0902. The van der Waals surface area contributed by atoms with Gasteiger partial charge >= 0.3 is 6.36 Å². The molecule has 0 bridgehead atoms. The molecule has 32 heavy (non-hydrogen) atoms. The molecule has 2 aromatic heterocycles. The van der Waals surface area contributed by atoms with Crippen molar-refractivity contribution < 1.29 is 22.7 Å². The lowest BCUT2D eigenvalue weighted by Gasteiger charge is -2.33. The lowest BCUT2D eigenvalue weighted by atomic mass is 9.90. The average Bonchev–Trinajstić information content (AvgIpc) is 3.34. The van der Waals surface area contributed by atoms with E-state index in [1.165, 1.54) is 23.1 Å². The third kappa shape index (κ3) is 4.99. The van der Waals surface area contributed by atoms with E-state index in [0.29, 0.717) is 17.1 Å². The summed E-state index contributed by atoms with van der Waals surface area (Å²) >= 11 is 5.88. The van der Waals surface area contributed by atoms with Crippen molar-refractivity contribution in [2.75, 3.05) is 14.1 Å². The van der Waals surface area contributed by atoms with Gasteiger partial charge in [-0.2, -0.15) is 5.10 Å². The van der Waals surface area contributed by atoms with Crippen LogP contribution in [-0.4, -0.2) is 63.1 Å². The van der Waals surface area contributed by atoms with Gasteiger partial charge in [-0.3, -0.25) is 4.79 Å². The fourth-order valence-corrected chi connectivity index (χ4v) is 4.10. The van der Waals surface area contributed by atoms with E-state index in [9.17, 15) is 18.0 Å². The number of amides is 1. The van der Waals surface area contributed by atoms with E-state index in [0.717, 1.165) is 31.7 Å². The number of nitrogens with one attached hydrogen (secondary N) is 2. The van der Waals surface area contributed by atoms with Gasteiger partial charge in [0.1, 0.15) is 5.75 Å². The first kappa shape index (κ1) is 22.4. The van der Waals surface area contributed by atoms with Crippen LogP contribution in [0.1, 0.15) is 36.0 Å². The van der Waals surface area contributed by atoms with E-state index in [-0.39, 0.29) is 28.4 Å². The summed E-state index contributed by atoms with van der Waals surface area (Å²) in [4.78, 5) is 22.0. The maximum absolute atomic E-state index is 12.7. The molecule has 1 aliphatic carbocycles. The minimum Gasteiger partial charge on any atom is -0.404 e. The summed E-state index contributed by atoms with van der Waals surface area (Å²) in [5.41, 5.74) is 0.969. The summed E-state index contributed by atoms with van der Waals surface area (Å²) in [7, 11) is 4.08. The smallest absolute Gasteiger partial charge is 0.404 e. The number of aromatic nitrogens is 4. The Morgan fingerprint density at radius 2 is 2.12 bits per heavy atom. The van der Waals surface area contributed by atoms with Gasteiger partial charge in [-0.25, -0.2) is 9.67 Å². The number of halogens is 4. The fourth-order valence-electron chi connectivity index (χ4n) is 3.90. The van der Waals surface area contributed by atoms with Crippen molar-refractivity contribution in [1.82, 2.24) is 30.0 Å². The Balaban J connectivity index is 1.49. The van der Waals surface area contributed by atoms with Crippen LogP contribution in [0.15, 0.2) is 24.5 Å². The van der Waals surface area contributed by atoms with Crippen molar-refractivity contribution >= 4 is 28.5 Å². The Morgan fingerprint density at radius 1 is 1.34 bits per heavy atom. The van der Waals surface area contributed by atoms with Crippen molar-refractivity contribution in [1.29, 1.82) is 0 Å². The van der Waals surface area contributed by atoms with Crippen LogP contribution in [0.5, 0.6) is 5.75 Å². The number of H-pyrrole nitrogens is 1. The largest absolute Gasteiger partial charge is 0.573 e. The molecule has 0 unspecified atom stereocenters. The van der Waals surface area contributed by atoms with Gasteiger partial charge in [-0.15, -0.1) is 13.2 Å². The first-order valence-electron chi connectivity index (χ1n) is 10.1. The monoisotopic (exact) mass is 470 g/mol. The Kier molecular flexibility index (Phi) is 6.04. The molecular formula is C20H22ClF3N6O2. The number of hydrogen-bond acceptors (Lipinski definition) is 5. The van der Waals surface area contributed by atoms with Gasteiger partial charge in [-0.1, -0.05) is 11.6 Å². The predicted octanol–water partition coefficient (Wildman–Crippen LogP) is 3.90. The maximum atomic E-state index is 12.7. The topological polar surface area (TPSA) is 88.1 Å². The number of ether oxygens (including phenoxy) is 1. The van der Waals surface area contributed by atoms with Crippen LogP contribution >= 0.6 is 11.6 Å². The SMILES string of the molecule is CN(C)[C@@H]1CCC[C@H](NC(=O)c2cnn(-c3nc4cc(OC(F)(F)F)c(Cl)cc4[nH]3)c2)C1. The zero-order valence-electron chi connectivity index (χ0n) is 17.4. The summed E-state index contributed by atoms with van der Waals surface area (Å²) in [6.07, 6.45) is 2.04. The average molecular weight is 471 g/mol. The van der Waals surface area contributed by atoms with Crippen LogP contribution < -0.4 is 10.1 Å². The molecule has 8 nitrogen and oxygen atoms in total. The third-order valence-electron chi connectivity index (χ3n) is 5.52. The molecule has 1 amide bonds. The zero-order valence-corrected chi connectivity index (χ0v) is 18.2. The highest BCUT2D eigenvalue weighted by molar-refractivity contribution is 6.32. The van der Waals surface area contributed by atoms with Crippen molar-refractivity contribution in [3.8, 4) is 11.7 Å². The van der Waals surface area contributed by atoms with Gasteiger partial charge < -0.3 is 19.9 Å². The van der Waals surface area contributed by atoms with Gasteiger partial charge in [0.15, 0.2) is 0 Å². The molecule has 1 saturated carbocycles. The lowest BCUT2D eigenvalue weighted by Crippen LogP contribution is -2.43. The second-order valence-corrected chi connectivity index (χ2v) is 8.44. The predicted molar refractivity (Wildman–Crippen MR) is 112 cm³/mol. The number of imidazole rings is 1. The second-order valence-electron chi connectivity index (χ2n) is 8.04. The normalized spacial score (nSPS) is 19.5. The number of carbonyl (C=O) groups excluding carboxylic acids is 1. The fraction of sp³-hybridized carbons (Fsp3) is 0.450. The van der Waals surface area contributed by atoms with E-state index in [4.69, 9.17) is 11.6 Å². The van der Waals surface area contributed by atoms with Crippen molar-refractivity contribution in [2.24, 2.45) is 0 Å². The van der Waals surface area contributed by atoms with Crippen LogP contribution in [-0.2, 0) is 0 Å². The van der Waals surface area contributed by atoms with E-state index < -0.39 is 12.1 Å². The van der Waals surface area contributed by atoms with Gasteiger partial charge in [0.2, 0.25) is 5.95 Å². The molecule has 2 heterocycles. The molecule has 3 aromatic rings. The highest BCUT2D eigenvalue weighted by Crippen LogP contribution is 2.33. The number of benzene rings is 1. The van der Waals surface area contributed by atoms with Gasteiger partial charge in [0.05, 0.1) is 27.8 Å². The zero-order chi connectivity index (χ0) is 23.0. The maximum Gasteiger partial charge on any atom is 0.573 e. The van der Waals surface area contributed by atoms with Gasteiger partial charge in [-0.05, 0) is 45.8 Å². The van der Waals surface area contributed by atoms with Crippen LogP contribution in [0.2, 0.25) is 5.02 Å². The van der Waals surface area contributed by atoms with E-state index in [2.05, 4.69) is 30.0 Å². The van der Waals surface area contributed by atoms with Crippen LogP contribution in [0.3, 0.4) is 0 Å². The van der Waals surface area contributed by atoms with Crippen LogP contribution in [0.25, 0.3) is 17.0 Å². The standard InChI is InChI=1S/C20H22ClF3N6O2/c1-29(2)13-5-3-4-12(6-13)26-18(31)11-9-25-30(10-11)19-27-15-7-14(21)17(8-16(15)28-19)32-20(22,23)24/h7-10,12-13H,3-6H2,1-2H3,(H,26,31)(H,27,28)/t12-,13+/m0/s1. The highest BCUT2D eigenvalue weighted by atomic mass is 35.5. The molecule has 12 heteroatoms. The van der Waals surface area contributed by atoms with Crippen molar-refractivity contribution in [2.45, 2.75) is 44.1 Å². The number of alkyl halides is 3. The summed E-state index contributed by atoms with van der Waals surface area (Å²) < 4.78 is 42.9. The molecule has 0 aliphatic heterocycles. The molecular weight excluding hydrogens is 449 g/mol. The number of hydrogen-bond donors (Lipinski definition) is 2. The number of nitrogens with zero attached hydrogens (tertiary/aromatic N) is 4. The Hall–Kier alpha value is -2.79. The molecule has 1 fully saturated rings. The van der Waals surface area contributed by atoms with E-state index in [1.54, 1.807) is 0 Å². The second kappa shape index (κ2) is 8.62. The number of rotatable bonds is 5. The summed E-state index contributed by atoms with van der Waals surface area (Å²) in [6, 6.07) is 2.90. The first-order valence-corrected chi connectivity index (χ1v) is 10.4. The van der Waals surface area contributed by atoms with Gasteiger partial charge in [0.25, 0.3) is 5.91 Å². The van der Waals surface area contributed by atoms with Crippen molar-refractivity contribution in [3.63, 3.8) is 0 Å². The molecule has 0 saturated heterocycles. The summed E-state index contributed by atoms with van der Waals surface area (Å²) in [6.45, 7) is 0. The quantitative estimate of drug-likeness (QED) is 0.590.